The fourth-order valence-corrected chi connectivity index (χ4v) is 6.33. The van der Waals surface area contributed by atoms with E-state index < -0.39 is 5.56 Å². The number of rotatable bonds is 6. The van der Waals surface area contributed by atoms with Crippen molar-refractivity contribution in [2.45, 2.75) is 80.4 Å². The van der Waals surface area contributed by atoms with Gasteiger partial charge >= 0.3 is 0 Å². The van der Waals surface area contributed by atoms with Crippen LogP contribution in [0, 0.1) is 11.8 Å². The van der Waals surface area contributed by atoms with Gasteiger partial charge in [-0.1, -0.05) is 6.92 Å². The standard InChI is InChI=1S/C21H40N6O3S/c1-12-3-4-14(25-19(28)18-11-24-21(29)31-18)8-17(12)27-20-23-6-5-16(26-20)13-7-15(30-2)10-22-9-13/h12-18,20-24,26-27,29H,3-11H2,1-2H3,(H,25,28). The minimum atomic E-state index is -0.633. The van der Waals surface area contributed by atoms with Crippen molar-refractivity contribution in [2.24, 2.45) is 11.8 Å². The van der Waals surface area contributed by atoms with Crippen LogP contribution < -0.4 is 31.9 Å². The number of carbonyl (C=O) groups is 1. The molecule has 3 saturated heterocycles. The van der Waals surface area contributed by atoms with E-state index in [0.717, 1.165) is 51.7 Å². The Morgan fingerprint density at radius 2 is 2.00 bits per heavy atom. The zero-order valence-electron chi connectivity index (χ0n) is 18.7. The van der Waals surface area contributed by atoms with E-state index in [9.17, 15) is 9.90 Å². The Morgan fingerprint density at radius 1 is 1.13 bits per heavy atom. The van der Waals surface area contributed by atoms with Crippen molar-refractivity contribution < 1.29 is 14.6 Å². The third kappa shape index (κ3) is 6.32. The second kappa shape index (κ2) is 11.1. The molecule has 31 heavy (non-hydrogen) atoms. The van der Waals surface area contributed by atoms with Crippen molar-refractivity contribution in [3.63, 3.8) is 0 Å². The Labute approximate surface area is 190 Å². The minimum absolute atomic E-state index is 0.0406. The highest BCUT2D eigenvalue weighted by Gasteiger charge is 2.36. The second-order valence-electron chi connectivity index (χ2n) is 9.62. The third-order valence-corrected chi connectivity index (χ3v) is 8.55. The van der Waals surface area contributed by atoms with Crippen LogP contribution in [0.1, 0.15) is 39.0 Å². The molecule has 1 saturated carbocycles. The molecule has 4 aliphatic rings. The van der Waals surface area contributed by atoms with Gasteiger partial charge < -0.3 is 20.5 Å². The highest BCUT2D eigenvalue weighted by Crippen LogP contribution is 2.27. The summed E-state index contributed by atoms with van der Waals surface area (Å²) in [6.45, 7) is 5.82. The molecular weight excluding hydrogens is 416 g/mol. The summed E-state index contributed by atoms with van der Waals surface area (Å²) in [5, 5.41) is 30.2. The van der Waals surface area contributed by atoms with Crippen LogP contribution in [0.2, 0.25) is 0 Å². The first-order valence-corrected chi connectivity index (χ1v) is 12.8. The minimum Gasteiger partial charge on any atom is -0.380 e. The molecule has 4 rings (SSSR count). The van der Waals surface area contributed by atoms with Gasteiger partial charge in [0.25, 0.3) is 0 Å². The molecule has 9 unspecified atom stereocenters. The van der Waals surface area contributed by atoms with E-state index in [2.05, 4.69) is 38.8 Å². The molecule has 0 aromatic carbocycles. The van der Waals surface area contributed by atoms with Crippen molar-refractivity contribution in [1.29, 1.82) is 0 Å². The lowest BCUT2D eigenvalue weighted by molar-refractivity contribution is -0.121. The molecule has 3 heterocycles. The van der Waals surface area contributed by atoms with Gasteiger partial charge in [-0.2, -0.15) is 0 Å². The number of carbonyl (C=O) groups excluding carboxylic acids is 1. The van der Waals surface area contributed by atoms with Gasteiger partial charge in [0.05, 0.1) is 11.4 Å². The van der Waals surface area contributed by atoms with E-state index in [1.54, 1.807) is 7.11 Å². The maximum Gasteiger partial charge on any atom is 0.234 e. The first-order valence-electron chi connectivity index (χ1n) is 11.9. The summed E-state index contributed by atoms with van der Waals surface area (Å²) in [6.07, 6.45) is 5.66. The SMILES string of the molecule is COC1CNCC(C2CCNC(NC3CC(NC(=O)C4CNC(O)S4)CCC3C)N2)C1. The molecule has 7 N–H and O–H groups in total. The molecule has 4 fully saturated rings. The predicted molar refractivity (Wildman–Crippen MR) is 122 cm³/mol. The van der Waals surface area contributed by atoms with Crippen LogP contribution in [0.15, 0.2) is 0 Å². The zero-order chi connectivity index (χ0) is 21.8. The molecule has 9 nitrogen and oxygen atoms in total. The Kier molecular flexibility index (Phi) is 8.49. The van der Waals surface area contributed by atoms with Crippen molar-refractivity contribution in [3.05, 3.63) is 0 Å². The van der Waals surface area contributed by atoms with Gasteiger partial charge in [-0.05, 0) is 57.0 Å². The van der Waals surface area contributed by atoms with Crippen LogP contribution in [-0.4, -0.2) is 85.6 Å². The van der Waals surface area contributed by atoms with Gasteiger partial charge in [0, 0.05) is 38.3 Å². The molecule has 0 bridgehead atoms. The van der Waals surface area contributed by atoms with E-state index in [1.165, 1.54) is 11.8 Å². The smallest absolute Gasteiger partial charge is 0.234 e. The van der Waals surface area contributed by atoms with E-state index in [0.29, 0.717) is 36.6 Å². The monoisotopic (exact) mass is 456 g/mol. The molecule has 1 aliphatic carbocycles. The highest BCUT2D eigenvalue weighted by atomic mass is 32.2. The summed E-state index contributed by atoms with van der Waals surface area (Å²) < 4.78 is 5.59. The van der Waals surface area contributed by atoms with Gasteiger partial charge in [-0.15, -0.1) is 11.8 Å². The fourth-order valence-electron chi connectivity index (χ4n) is 5.45. The summed E-state index contributed by atoms with van der Waals surface area (Å²) in [7, 11) is 1.80. The summed E-state index contributed by atoms with van der Waals surface area (Å²) in [6, 6.07) is 1.000. The first-order chi connectivity index (χ1) is 15.0. The fraction of sp³-hybridized carbons (Fsp3) is 0.952. The molecule has 3 aliphatic heterocycles. The van der Waals surface area contributed by atoms with E-state index in [4.69, 9.17) is 4.74 Å². The summed E-state index contributed by atoms with van der Waals surface area (Å²) in [5.41, 5.74) is -0.633. The first kappa shape index (κ1) is 23.7. The maximum atomic E-state index is 12.6. The lowest BCUT2D eigenvalue weighted by Gasteiger charge is -2.43. The second-order valence-corrected chi connectivity index (χ2v) is 10.9. The molecule has 178 valence electrons. The number of methoxy groups -OCH3 is 1. The molecule has 1 amide bonds. The van der Waals surface area contributed by atoms with Crippen molar-refractivity contribution >= 4 is 17.7 Å². The van der Waals surface area contributed by atoms with Crippen molar-refractivity contribution in [3.8, 4) is 0 Å². The molecule has 0 radical (unpaired) electrons. The quantitative estimate of drug-likeness (QED) is 0.273. The van der Waals surface area contributed by atoms with Crippen LogP contribution in [-0.2, 0) is 9.53 Å². The number of aliphatic hydroxyl groups is 1. The van der Waals surface area contributed by atoms with Gasteiger partial charge in [-0.25, -0.2) is 0 Å². The predicted octanol–water partition coefficient (Wildman–Crippen LogP) is -0.910. The van der Waals surface area contributed by atoms with Gasteiger partial charge in [0.15, 0.2) is 5.56 Å². The summed E-state index contributed by atoms with van der Waals surface area (Å²) in [4.78, 5) is 12.6. The number of nitrogens with one attached hydrogen (secondary N) is 6. The van der Waals surface area contributed by atoms with Crippen LogP contribution in [0.3, 0.4) is 0 Å². The van der Waals surface area contributed by atoms with E-state index in [-0.39, 0.29) is 23.5 Å². The number of hydrogen-bond acceptors (Lipinski definition) is 9. The number of hydrogen-bond donors (Lipinski definition) is 7. The topological polar surface area (TPSA) is 119 Å². The van der Waals surface area contributed by atoms with Crippen LogP contribution in [0.5, 0.6) is 0 Å². The average Bonchev–Trinajstić information content (AvgIpc) is 3.23. The maximum absolute atomic E-state index is 12.6. The number of amides is 1. The number of ether oxygens (including phenoxy) is 1. The lowest BCUT2D eigenvalue weighted by Crippen LogP contribution is -2.66. The Bertz CT molecular complexity index is 601. The summed E-state index contributed by atoms with van der Waals surface area (Å²) >= 11 is 1.29. The molecular formula is C21H40N6O3S. The van der Waals surface area contributed by atoms with E-state index in [1.807, 2.05) is 0 Å². The zero-order valence-corrected chi connectivity index (χ0v) is 19.5. The Hall–Kier alpha value is -0.460. The molecule has 0 aromatic rings. The lowest BCUT2D eigenvalue weighted by atomic mass is 9.82. The van der Waals surface area contributed by atoms with Crippen LogP contribution >= 0.6 is 11.8 Å². The Balaban J connectivity index is 1.26. The third-order valence-electron chi connectivity index (χ3n) is 7.42. The highest BCUT2D eigenvalue weighted by molar-refractivity contribution is 8.01. The number of thioether (sulfide) groups is 1. The largest absolute Gasteiger partial charge is 0.380 e. The van der Waals surface area contributed by atoms with Crippen molar-refractivity contribution in [2.75, 3.05) is 33.3 Å². The van der Waals surface area contributed by atoms with E-state index >= 15 is 0 Å². The van der Waals surface area contributed by atoms with Crippen LogP contribution in [0.4, 0.5) is 0 Å². The van der Waals surface area contributed by atoms with Gasteiger partial charge in [-0.3, -0.25) is 26.1 Å². The normalized spacial score (nSPS) is 44.2. The molecule has 10 heteroatoms. The average molecular weight is 457 g/mol. The number of piperidine rings is 1. The molecule has 0 aromatic heterocycles. The van der Waals surface area contributed by atoms with Crippen LogP contribution in [0.25, 0.3) is 0 Å². The van der Waals surface area contributed by atoms with Crippen molar-refractivity contribution in [1.82, 2.24) is 31.9 Å². The number of aliphatic hydroxyl groups excluding tert-OH is 1. The van der Waals surface area contributed by atoms with Gasteiger partial charge in [0.2, 0.25) is 5.91 Å². The Morgan fingerprint density at radius 3 is 2.77 bits per heavy atom. The van der Waals surface area contributed by atoms with Gasteiger partial charge in [0.1, 0.15) is 6.29 Å². The summed E-state index contributed by atoms with van der Waals surface area (Å²) in [5.74, 6) is 1.18. The molecule has 9 atom stereocenters. The molecule has 0 spiro atoms.